The quantitative estimate of drug-likeness (QED) is 0.653. The molecule has 1 amide bonds. The van der Waals surface area contributed by atoms with E-state index in [2.05, 4.69) is 4.98 Å². The minimum atomic E-state index is -0.192. The molecule has 2 heterocycles. The molecular weight excluding hydrogens is 360 g/mol. The lowest BCUT2D eigenvalue weighted by Crippen LogP contribution is -2.32. The number of thioether (sulfide) groups is 1. The van der Waals surface area contributed by atoms with Gasteiger partial charge in [-0.3, -0.25) is 14.5 Å². The van der Waals surface area contributed by atoms with Crippen LogP contribution >= 0.6 is 23.1 Å². The zero-order valence-electron chi connectivity index (χ0n) is 13.7. The number of fused-ring (bicyclic) bond motifs is 1. The minimum absolute atomic E-state index is 0.0648. The SMILES string of the molecule is COc1ccc2sc(N(Cc3ccco3)C(=O)CSC(C)=O)nc2c1. The lowest BCUT2D eigenvalue weighted by atomic mass is 10.3. The van der Waals surface area contributed by atoms with Crippen molar-refractivity contribution in [2.75, 3.05) is 17.8 Å². The highest BCUT2D eigenvalue weighted by Gasteiger charge is 2.22. The predicted octanol–water partition coefficient (Wildman–Crippen LogP) is 3.71. The Bertz CT molecular complexity index is 889. The highest BCUT2D eigenvalue weighted by atomic mass is 32.2. The Balaban J connectivity index is 1.92. The van der Waals surface area contributed by atoms with E-state index < -0.39 is 0 Å². The van der Waals surface area contributed by atoms with E-state index in [4.69, 9.17) is 9.15 Å². The highest BCUT2D eigenvalue weighted by Crippen LogP contribution is 2.32. The molecule has 0 N–H and O–H groups in total. The van der Waals surface area contributed by atoms with E-state index in [0.717, 1.165) is 22.0 Å². The number of hydrogen-bond donors (Lipinski definition) is 0. The number of aromatic nitrogens is 1. The van der Waals surface area contributed by atoms with Crippen molar-refractivity contribution in [1.82, 2.24) is 4.98 Å². The molecule has 3 aromatic rings. The van der Waals surface area contributed by atoms with Crippen LogP contribution in [0.25, 0.3) is 10.2 Å². The van der Waals surface area contributed by atoms with Crippen molar-refractivity contribution in [1.29, 1.82) is 0 Å². The van der Waals surface area contributed by atoms with Crippen LogP contribution in [-0.4, -0.2) is 28.9 Å². The fourth-order valence-electron chi connectivity index (χ4n) is 2.20. The summed E-state index contributed by atoms with van der Waals surface area (Å²) in [5, 5.41) is 0.467. The largest absolute Gasteiger partial charge is 0.497 e. The van der Waals surface area contributed by atoms with Crippen molar-refractivity contribution >= 4 is 49.5 Å². The number of hydrogen-bond acceptors (Lipinski definition) is 7. The average Bonchev–Trinajstić information content (AvgIpc) is 3.25. The molecular formula is C17H16N2O4S2. The van der Waals surface area contributed by atoms with E-state index in [0.29, 0.717) is 16.6 Å². The van der Waals surface area contributed by atoms with Gasteiger partial charge in [0, 0.05) is 13.0 Å². The molecule has 25 heavy (non-hydrogen) atoms. The molecule has 0 spiro atoms. The summed E-state index contributed by atoms with van der Waals surface area (Å²) in [5.41, 5.74) is 0.760. The fourth-order valence-corrected chi connectivity index (χ4v) is 3.64. The van der Waals surface area contributed by atoms with E-state index in [-0.39, 0.29) is 23.3 Å². The molecule has 0 fully saturated rings. The third-order valence-electron chi connectivity index (χ3n) is 3.41. The van der Waals surface area contributed by atoms with Crippen molar-refractivity contribution in [3.8, 4) is 5.75 Å². The summed E-state index contributed by atoms with van der Waals surface area (Å²) >= 11 is 2.40. The van der Waals surface area contributed by atoms with Gasteiger partial charge in [-0.2, -0.15) is 0 Å². The van der Waals surface area contributed by atoms with Gasteiger partial charge in [0.25, 0.3) is 0 Å². The van der Waals surface area contributed by atoms with Crippen LogP contribution < -0.4 is 9.64 Å². The number of nitrogens with zero attached hydrogens (tertiary/aromatic N) is 2. The lowest BCUT2D eigenvalue weighted by Gasteiger charge is -2.18. The normalized spacial score (nSPS) is 10.8. The molecule has 0 radical (unpaired) electrons. The highest BCUT2D eigenvalue weighted by molar-refractivity contribution is 8.14. The van der Waals surface area contributed by atoms with Gasteiger partial charge in [0.15, 0.2) is 10.2 Å². The standard InChI is InChI=1S/C17H16N2O4S2/c1-11(20)24-10-16(21)19(9-13-4-3-7-23-13)17-18-14-8-12(22-2)5-6-15(14)25-17/h3-8H,9-10H2,1-2H3. The number of amides is 1. The van der Waals surface area contributed by atoms with E-state index in [1.807, 2.05) is 18.2 Å². The number of thiazole rings is 1. The monoisotopic (exact) mass is 376 g/mol. The number of rotatable bonds is 6. The molecule has 0 saturated carbocycles. The summed E-state index contributed by atoms with van der Waals surface area (Å²) in [6.07, 6.45) is 1.56. The zero-order valence-corrected chi connectivity index (χ0v) is 15.4. The molecule has 2 aromatic heterocycles. The molecule has 8 heteroatoms. The summed E-state index contributed by atoms with van der Waals surface area (Å²) in [6, 6.07) is 9.17. The van der Waals surface area contributed by atoms with Crippen molar-refractivity contribution < 1.29 is 18.7 Å². The van der Waals surface area contributed by atoms with Crippen LogP contribution in [0.4, 0.5) is 5.13 Å². The second-order valence-electron chi connectivity index (χ2n) is 5.17. The molecule has 0 saturated heterocycles. The van der Waals surface area contributed by atoms with Crippen LogP contribution in [0.5, 0.6) is 5.75 Å². The minimum Gasteiger partial charge on any atom is -0.497 e. The summed E-state index contributed by atoms with van der Waals surface area (Å²) in [6.45, 7) is 1.71. The van der Waals surface area contributed by atoms with E-state index in [1.54, 1.807) is 30.4 Å². The first-order chi connectivity index (χ1) is 12.1. The van der Waals surface area contributed by atoms with Crippen LogP contribution in [0.3, 0.4) is 0 Å². The van der Waals surface area contributed by atoms with Crippen LogP contribution in [0.1, 0.15) is 12.7 Å². The molecule has 1 aromatic carbocycles. The first kappa shape index (κ1) is 17.5. The Morgan fingerprint density at radius 3 is 2.88 bits per heavy atom. The smallest absolute Gasteiger partial charge is 0.239 e. The molecule has 130 valence electrons. The van der Waals surface area contributed by atoms with Crippen LogP contribution in [-0.2, 0) is 16.1 Å². The van der Waals surface area contributed by atoms with E-state index in [1.165, 1.54) is 18.3 Å². The van der Waals surface area contributed by atoms with E-state index in [9.17, 15) is 9.59 Å². The van der Waals surface area contributed by atoms with Crippen LogP contribution in [0.2, 0.25) is 0 Å². The Labute approximate surface area is 152 Å². The van der Waals surface area contributed by atoms with Crippen molar-refractivity contribution in [2.24, 2.45) is 0 Å². The number of carbonyl (C=O) groups is 2. The van der Waals surface area contributed by atoms with Gasteiger partial charge in [0.1, 0.15) is 11.5 Å². The van der Waals surface area contributed by atoms with Gasteiger partial charge in [-0.15, -0.1) is 0 Å². The Morgan fingerprint density at radius 1 is 1.36 bits per heavy atom. The molecule has 0 bridgehead atoms. The number of carbonyl (C=O) groups excluding carboxylic acids is 2. The predicted molar refractivity (Wildman–Crippen MR) is 99.2 cm³/mol. The number of ether oxygens (including phenoxy) is 1. The first-order valence-electron chi connectivity index (χ1n) is 7.47. The maximum Gasteiger partial charge on any atom is 0.239 e. The van der Waals surface area contributed by atoms with Gasteiger partial charge in [-0.1, -0.05) is 23.1 Å². The Morgan fingerprint density at radius 2 is 2.20 bits per heavy atom. The fraction of sp³-hybridized carbons (Fsp3) is 0.235. The van der Waals surface area contributed by atoms with Crippen molar-refractivity contribution in [3.05, 3.63) is 42.4 Å². The number of benzene rings is 1. The van der Waals surface area contributed by atoms with Gasteiger partial charge < -0.3 is 9.15 Å². The summed E-state index contributed by atoms with van der Waals surface area (Å²) in [5.74, 6) is 1.23. The molecule has 6 nitrogen and oxygen atoms in total. The van der Waals surface area contributed by atoms with Crippen LogP contribution in [0, 0.1) is 0 Å². The Hall–Kier alpha value is -2.32. The topological polar surface area (TPSA) is 72.6 Å². The van der Waals surface area contributed by atoms with Crippen molar-refractivity contribution in [3.63, 3.8) is 0 Å². The lowest BCUT2D eigenvalue weighted by molar-refractivity contribution is -0.116. The number of methoxy groups -OCH3 is 1. The third-order valence-corrected chi connectivity index (χ3v) is 5.27. The second-order valence-corrected chi connectivity index (χ2v) is 7.33. The first-order valence-corrected chi connectivity index (χ1v) is 9.27. The molecule has 3 rings (SSSR count). The number of anilines is 1. The maximum atomic E-state index is 12.6. The van der Waals surface area contributed by atoms with E-state index >= 15 is 0 Å². The summed E-state index contributed by atoms with van der Waals surface area (Å²) < 4.78 is 11.5. The maximum absolute atomic E-state index is 12.6. The molecule has 0 atom stereocenters. The molecule has 0 unspecified atom stereocenters. The zero-order chi connectivity index (χ0) is 17.8. The van der Waals surface area contributed by atoms with Gasteiger partial charge in [0.2, 0.25) is 5.91 Å². The van der Waals surface area contributed by atoms with Crippen LogP contribution in [0.15, 0.2) is 41.0 Å². The average molecular weight is 376 g/mol. The summed E-state index contributed by atoms with van der Waals surface area (Å²) in [4.78, 5) is 29.9. The second kappa shape index (κ2) is 7.71. The number of furan rings is 1. The van der Waals surface area contributed by atoms with Gasteiger partial charge in [0.05, 0.1) is 35.9 Å². The van der Waals surface area contributed by atoms with Crippen molar-refractivity contribution in [2.45, 2.75) is 13.5 Å². The Kier molecular flexibility index (Phi) is 5.40. The molecule has 0 aliphatic rings. The molecule has 0 aliphatic carbocycles. The molecule has 0 aliphatic heterocycles. The summed E-state index contributed by atoms with van der Waals surface area (Å²) in [7, 11) is 1.60. The van der Waals surface area contributed by atoms with Gasteiger partial charge in [-0.05, 0) is 24.3 Å². The third kappa shape index (κ3) is 4.21. The van der Waals surface area contributed by atoms with Gasteiger partial charge >= 0.3 is 0 Å². The van der Waals surface area contributed by atoms with Gasteiger partial charge in [-0.25, -0.2) is 4.98 Å².